The molecular weight excluding hydrogens is 398 g/mol. The van der Waals surface area contributed by atoms with Crippen LogP contribution in [0.2, 0.25) is 0 Å². The molecule has 2 fully saturated rings. The molecule has 30 heavy (non-hydrogen) atoms. The summed E-state index contributed by atoms with van der Waals surface area (Å²) in [6.45, 7) is 3.25. The van der Waals surface area contributed by atoms with Crippen molar-refractivity contribution in [2.24, 2.45) is 0 Å². The highest BCUT2D eigenvalue weighted by Crippen LogP contribution is 2.20. The summed E-state index contributed by atoms with van der Waals surface area (Å²) in [5, 5.41) is 5.80. The van der Waals surface area contributed by atoms with Crippen LogP contribution in [0, 0.1) is 0 Å². The number of benzene rings is 2. The Bertz CT molecular complexity index is 876. The third kappa shape index (κ3) is 5.34. The lowest BCUT2D eigenvalue weighted by Crippen LogP contribution is -2.32. The van der Waals surface area contributed by atoms with E-state index in [1.54, 1.807) is 24.3 Å². The van der Waals surface area contributed by atoms with Crippen LogP contribution in [0.4, 0.5) is 11.4 Å². The Morgan fingerprint density at radius 2 is 1.90 bits per heavy atom. The molecule has 2 heterocycles. The number of nitrogens with one attached hydrogen (secondary N) is 2. The van der Waals surface area contributed by atoms with Gasteiger partial charge in [0.1, 0.15) is 6.10 Å². The van der Waals surface area contributed by atoms with Gasteiger partial charge in [0.05, 0.1) is 0 Å². The molecule has 0 saturated carbocycles. The number of hydrogen-bond acceptors (Lipinski definition) is 5. The lowest BCUT2D eigenvalue weighted by atomic mass is 10.1. The fraction of sp³-hybridized carbons (Fsp3) is 0.391. The molecule has 2 N–H and O–H groups in total. The van der Waals surface area contributed by atoms with Crippen LogP contribution < -0.4 is 15.5 Å². The van der Waals surface area contributed by atoms with Crippen LogP contribution >= 0.6 is 11.8 Å². The molecule has 2 aromatic rings. The normalized spacial score (nSPS) is 18.8. The van der Waals surface area contributed by atoms with Gasteiger partial charge in [-0.2, -0.15) is 11.8 Å². The van der Waals surface area contributed by atoms with E-state index < -0.39 is 6.10 Å². The minimum Gasteiger partial charge on any atom is -0.370 e. The van der Waals surface area contributed by atoms with E-state index in [2.05, 4.69) is 39.8 Å². The van der Waals surface area contributed by atoms with Gasteiger partial charge in [0.2, 0.25) is 0 Å². The summed E-state index contributed by atoms with van der Waals surface area (Å²) in [6, 6.07) is 15.4. The lowest BCUT2D eigenvalue weighted by molar-refractivity contribution is -0.124. The Balaban J connectivity index is 1.31. The van der Waals surface area contributed by atoms with Crippen LogP contribution in [-0.4, -0.2) is 49.1 Å². The predicted octanol–water partition coefficient (Wildman–Crippen LogP) is 3.29. The first kappa shape index (κ1) is 20.8. The average molecular weight is 426 g/mol. The smallest absolute Gasteiger partial charge is 0.253 e. The summed E-state index contributed by atoms with van der Waals surface area (Å²) in [4.78, 5) is 27.2. The molecule has 158 valence electrons. The predicted molar refractivity (Wildman–Crippen MR) is 121 cm³/mol. The first-order valence-corrected chi connectivity index (χ1v) is 11.6. The monoisotopic (exact) mass is 425 g/mol. The molecule has 7 heteroatoms. The maximum atomic E-state index is 12.6. The number of rotatable bonds is 6. The SMILES string of the molecule is O=C(NCc1ccc(N2CCSCC2)cc1)c1cccc(NC(=O)C2CCCO2)c1. The van der Waals surface area contributed by atoms with Crippen LogP contribution in [0.25, 0.3) is 0 Å². The number of carbonyl (C=O) groups excluding carboxylic acids is 2. The Labute approximate surface area is 181 Å². The van der Waals surface area contributed by atoms with Gasteiger partial charge in [-0.1, -0.05) is 18.2 Å². The highest BCUT2D eigenvalue weighted by atomic mass is 32.2. The van der Waals surface area contributed by atoms with Gasteiger partial charge in [0.25, 0.3) is 11.8 Å². The van der Waals surface area contributed by atoms with Gasteiger partial charge < -0.3 is 20.3 Å². The fourth-order valence-corrected chi connectivity index (χ4v) is 4.58. The molecule has 1 unspecified atom stereocenters. The third-order valence-corrected chi connectivity index (χ3v) is 6.32. The summed E-state index contributed by atoms with van der Waals surface area (Å²) in [5.41, 5.74) is 3.41. The van der Waals surface area contributed by atoms with Crippen LogP contribution in [0.1, 0.15) is 28.8 Å². The van der Waals surface area contributed by atoms with E-state index in [-0.39, 0.29) is 11.8 Å². The minimum atomic E-state index is -0.394. The van der Waals surface area contributed by atoms with Crippen molar-refractivity contribution in [1.29, 1.82) is 0 Å². The standard InChI is InChI=1S/C23H27N3O3S/c27-22(18-3-1-4-19(15-18)25-23(28)21-5-2-12-29-21)24-16-17-6-8-20(9-7-17)26-10-13-30-14-11-26/h1,3-4,6-9,15,21H,2,5,10-14,16H2,(H,24,27)(H,25,28). The number of thioether (sulfide) groups is 1. The van der Waals surface area contributed by atoms with E-state index in [4.69, 9.17) is 4.74 Å². The number of hydrogen-bond donors (Lipinski definition) is 2. The van der Waals surface area contributed by atoms with Crippen molar-refractivity contribution in [2.75, 3.05) is 41.4 Å². The number of anilines is 2. The maximum Gasteiger partial charge on any atom is 0.253 e. The summed E-state index contributed by atoms with van der Waals surface area (Å²) < 4.78 is 5.40. The number of nitrogens with zero attached hydrogens (tertiary/aromatic N) is 1. The molecule has 0 aromatic heterocycles. The molecule has 0 aliphatic carbocycles. The third-order valence-electron chi connectivity index (χ3n) is 5.38. The van der Waals surface area contributed by atoms with Gasteiger partial charge in [0.15, 0.2) is 0 Å². The number of amides is 2. The van der Waals surface area contributed by atoms with E-state index >= 15 is 0 Å². The highest BCUT2D eigenvalue weighted by Gasteiger charge is 2.23. The Morgan fingerprint density at radius 3 is 2.63 bits per heavy atom. The quantitative estimate of drug-likeness (QED) is 0.743. The second-order valence-electron chi connectivity index (χ2n) is 7.52. The van der Waals surface area contributed by atoms with Crippen molar-refractivity contribution in [3.8, 4) is 0 Å². The van der Waals surface area contributed by atoms with Crippen molar-refractivity contribution in [1.82, 2.24) is 5.32 Å². The molecule has 0 radical (unpaired) electrons. The minimum absolute atomic E-state index is 0.155. The molecule has 2 aliphatic heterocycles. The Kier molecular flexibility index (Phi) is 6.92. The molecule has 0 bridgehead atoms. The van der Waals surface area contributed by atoms with E-state index in [0.717, 1.165) is 31.5 Å². The van der Waals surface area contributed by atoms with Gasteiger partial charge in [-0.15, -0.1) is 0 Å². The second kappa shape index (κ2) is 10.00. The van der Waals surface area contributed by atoms with Crippen molar-refractivity contribution in [2.45, 2.75) is 25.5 Å². The van der Waals surface area contributed by atoms with Crippen molar-refractivity contribution < 1.29 is 14.3 Å². The number of ether oxygens (including phenoxy) is 1. The summed E-state index contributed by atoms with van der Waals surface area (Å²) in [7, 11) is 0. The largest absolute Gasteiger partial charge is 0.370 e. The van der Waals surface area contributed by atoms with Crippen molar-refractivity contribution >= 4 is 35.0 Å². The van der Waals surface area contributed by atoms with Crippen LogP contribution in [-0.2, 0) is 16.1 Å². The van der Waals surface area contributed by atoms with Crippen molar-refractivity contribution in [3.63, 3.8) is 0 Å². The highest BCUT2D eigenvalue weighted by molar-refractivity contribution is 7.99. The van der Waals surface area contributed by atoms with Gasteiger partial charge in [0, 0.05) is 54.7 Å². The molecule has 6 nitrogen and oxygen atoms in total. The van der Waals surface area contributed by atoms with Gasteiger partial charge in [-0.05, 0) is 48.7 Å². The second-order valence-corrected chi connectivity index (χ2v) is 8.75. The van der Waals surface area contributed by atoms with Gasteiger partial charge in [-0.3, -0.25) is 9.59 Å². The molecule has 4 rings (SSSR count). The van der Waals surface area contributed by atoms with E-state index in [0.29, 0.717) is 24.4 Å². The van der Waals surface area contributed by atoms with Gasteiger partial charge in [-0.25, -0.2) is 0 Å². The lowest BCUT2D eigenvalue weighted by Gasteiger charge is -2.28. The van der Waals surface area contributed by atoms with E-state index in [1.165, 1.54) is 17.2 Å². The topological polar surface area (TPSA) is 70.7 Å². The number of carbonyl (C=O) groups is 2. The van der Waals surface area contributed by atoms with Gasteiger partial charge >= 0.3 is 0 Å². The molecule has 2 amide bonds. The zero-order chi connectivity index (χ0) is 20.8. The van der Waals surface area contributed by atoms with E-state index in [1.807, 2.05) is 11.8 Å². The van der Waals surface area contributed by atoms with Crippen LogP contribution in [0.3, 0.4) is 0 Å². The molecule has 0 spiro atoms. The fourth-order valence-electron chi connectivity index (χ4n) is 3.68. The summed E-state index contributed by atoms with van der Waals surface area (Å²) >= 11 is 2.00. The van der Waals surface area contributed by atoms with E-state index in [9.17, 15) is 9.59 Å². The summed E-state index contributed by atoms with van der Waals surface area (Å²) in [5.74, 6) is 2.02. The zero-order valence-corrected chi connectivity index (χ0v) is 17.7. The molecule has 2 aromatic carbocycles. The first-order valence-electron chi connectivity index (χ1n) is 10.4. The van der Waals surface area contributed by atoms with Crippen molar-refractivity contribution in [3.05, 3.63) is 59.7 Å². The summed E-state index contributed by atoms with van der Waals surface area (Å²) in [6.07, 6.45) is 1.24. The first-order chi connectivity index (χ1) is 14.7. The van der Waals surface area contributed by atoms with Crippen LogP contribution in [0.15, 0.2) is 48.5 Å². The molecule has 2 saturated heterocycles. The Hall–Kier alpha value is -2.51. The zero-order valence-electron chi connectivity index (χ0n) is 16.9. The average Bonchev–Trinajstić information content (AvgIpc) is 3.34. The molecule has 2 aliphatic rings. The molecule has 1 atom stereocenters. The maximum absolute atomic E-state index is 12.6. The Morgan fingerprint density at radius 1 is 1.10 bits per heavy atom. The molecular formula is C23H27N3O3S. The van der Waals surface area contributed by atoms with Crippen LogP contribution in [0.5, 0.6) is 0 Å².